The molecule has 1 unspecified atom stereocenters. The van der Waals surface area contributed by atoms with E-state index in [2.05, 4.69) is 5.32 Å². The van der Waals surface area contributed by atoms with Crippen molar-refractivity contribution in [3.8, 4) is 5.75 Å². The van der Waals surface area contributed by atoms with Gasteiger partial charge in [0.1, 0.15) is 5.75 Å². The molecule has 2 aromatic rings. The molecular formula is C15H15F2NO. The first-order valence-electron chi connectivity index (χ1n) is 5.95. The molecule has 0 aromatic heterocycles. The molecule has 0 saturated carbocycles. The van der Waals surface area contributed by atoms with Crippen molar-refractivity contribution in [1.82, 2.24) is 0 Å². The Balaban J connectivity index is 2.10. The molecule has 0 saturated heterocycles. The Labute approximate surface area is 111 Å². The number of hydrogen-bond donors (Lipinski definition) is 1. The second kappa shape index (κ2) is 5.69. The van der Waals surface area contributed by atoms with Crippen LogP contribution >= 0.6 is 0 Å². The molecule has 0 amide bonds. The van der Waals surface area contributed by atoms with Crippen molar-refractivity contribution in [1.29, 1.82) is 0 Å². The maximum absolute atomic E-state index is 13.1. The van der Waals surface area contributed by atoms with E-state index < -0.39 is 11.6 Å². The van der Waals surface area contributed by atoms with Crippen LogP contribution in [-0.4, -0.2) is 7.11 Å². The van der Waals surface area contributed by atoms with Crippen molar-refractivity contribution in [3.05, 3.63) is 59.7 Å². The first-order chi connectivity index (χ1) is 9.10. The standard InChI is InChI=1S/C15H15F2NO/c1-10(11-3-6-13(19-2)7-4-11)18-12-5-8-14(16)15(17)9-12/h3-10,18H,1-2H3. The highest BCUT2D eigenvalue weighted by Crippen LogP contribution is 2.22. The number of ether oxygens (including phenoxy) is 1. The normalized spacial score (nSPS) is 12.0. The molecule has 0 aliphatic carbocycles. The molecule has 2 rings (SSSR count). The Hall–Kier alpha value is -2.10. The summed E-state index contributed by atoms with van der Waals surface area (Å²) in [6, 6.07) is 11.3. The molecule has 0 bridgehead atoms. The van der Waals surface area contributed by atoms with E-state index in [0.29, 0.717) is 5.69 Å². The second-order valence-electron chi connectivity index (χ2n) is 4.27. The monoisotopic (exact) mass is 263 g/mol. The summed E-state index contributed by atoms with van der Waals surface area (Å²) >= 11 is 0. The van der Waals surface area contributed by atoms with Crippen molar-refractivity contribution in [2.24, 2.45) is 0 Å². The first kappa shape index (κ1) is 13.3. The lowest BCUT2D eigenvalue weighted by atomic mass is 10.1. The van der Waals surface area contributed by atoms with Gasteiger partial charge in [-0.1, -0.05) is 12.1 Å². The highest BCUT2D eigenvalue weighted by Gasteiger charge is 2.07. The fraction of sp³-hybridized carbons (Fsp3) is 0.200. The molecule has 2 aromatic carbocycles. The van der Waals surface area contributed by atoms with E-state index in [1.165, 1.54) is 6.07 Å². The van der Waals surface area contributed by atoms with E-state index in [1.54, 1.807) is 7.11 Å². The first-order valence-corrected chi connectivity index (χ1v) is 5.95. The Morgan fingerprint density at radius 1 is 1.00 bits per heavy atom. The minimum atomic E-state index is -0.855. The van der Waals surface area contributed by atoms with Crippen LogP contribution in [0.4, 0.5) is 14.5 Å². The average molecular weight is 263 g/mol. The molecule has 0 aliphatic heterocycles. The fourth-order valence-electron chi connectivity index (χ4n) is 1.81. The maximum atomic E-state index is 13.1. The molecule has 0 spiro atoms. The second-order valence-corrected chi connectivity index (χ2v) is 4.27. The number of rotatable bonds is 4. The van der Waals surface area contributed by atoms with Crippen molar-refractivity contribution >= 4 is 5.69 Å². The molecule has 1 N–H and O–H groups in total. The Kier molecular flexibility index (Phi) is 4.00. The molecule has 1 atom stereocenters. The van der Waals surface area contributed by atoms with Gasteiger partial charge in [0.05, 0.1) is 7.11 Å². The zero-order chi connectivity index (χ0) is 13.8. The third-order valence-corrected chi connectivity index (χ3v) is 2.92. The topological polar surface area (TPSA) is 21.3 Å². The maximum Gasteiger partial charge on any atom is 0.160 e. The van der Waals surface area contributed by atoms with Crippen molar-refractivity contribution in [3.63, 3.8) is 0 Å². The Morgan fingerprint density at radius 2 is 1.68 bits per heavy atom. The highest BCUT2D eigenvalue weighted by atomic mass is 19.2. The van der Waals surface area contributed by atoms with Crippen LogP contribution in [0.3, 0.4) is 0 Å². The lowest BCUT2D eigenvalue weighted by Crippen LogP contribution is -2.06. The minimum absolute atomic E-state index is 0.0178. The largest absolute Gasteiger partial charge is 0.497 e. The van der Waals surface area contributed by atoms with Crippen molar-refractivity contribution < 1.29 is 13.5 Å². The fourth-order valence-corrected chi connectivity index (χ4v) is 1.81. The van der Waals surface area contributed by atoms with Gasteiger partial charge < -0.3 is 10.1 Å². The molecule has 0 fully saturated rings. The van der Waals surface area contributed by atoms with Gasteiger partial charge in [0.15, 0.2) is 11.6 Å². The third kappa shape index (κ3) is 3.22. The summed E-state index contributed by atoms with van der Waals surface area (Å²) < 4.78 is 31.0. The summed E-state index contributed by atoms with van der Waals surface area (Å²) in [6.45, 7) is 1.95. The van der Waals surface area contributed by atoms with Crippen LogP contribution in [0.1, 0.15) is 18.5 Å². The van der Waals surface area contributed by atoms with Crippen LogP contribution in [0.15, 0.2) is 42.5 Å². The van der Waals surface area contributed by atoms with Crippen LogP contribution in [-0.2, 0) is 0 Å². The molecule has 0 aliphatic rings. The molecule has 4 heteroatoms. The molecule has 2 nitrogen and oxygen atoms in total. The number of hydrogen-bond acceptors (Lipinski definition) is 2. The van der Waals surface area contributed by atoms with Crippen LogP contribution < -0.4 is 10.1 Å². The summed E-state index contributed by atoms with van der Waals surface area (Å²) in [4.78, 5) is 0. The summed E-state index contributed by atoms with van der Waals surface area (Å²) in [5, 5.41) is 3.12. The summed E-state index contributed by atoms with van der Waals surface area (Å²) in [5.74, 6) is -0.918. The van der Waals surface area contributed by atoms with Crippen LogP contribution in [0.2, 0.25) is 0 Å². The number of methoxy groups -OCH3 is 1. The number of halogens is 2. The number of anilines is 1. The molecule has 100 valence electrons. The lowest BCUT2D eigenvalue weighted by Gasteiger charge is -2.16. The van der Waals surface area contributed by atoms with Gasteiger partial charge in [-0.2, -0.15) is 0 Å². The van der Waals surface area contributed by atoms with Crippen LogP contribution in [0.25, 0.3) is 0 Å². The zero-order valence-corrected chi connectivity index (χ0v) is 10.8. The van der Waals surface area contributed by atoms with Crippen LogP contribution in [0.5, 0.6) is 5.75 Å². The van der Waals surface area contributed by atoms with E-state index in [4.69, 9.17) is 4.74 Å². The van der Waals surface area contributed by atoms with E-state index in [-0.39, 0.29) is 6.04 Å². The molecule has 0 heterocycles. The molecule has 19 heavy (non-hydrogen) atoms. The summed E-state index contributed by atoms with van der Waals surface area (Å²) in [7, 11) is 1.61. The molecule has 0 radical (unpaired) electrons. The Bertz CT molecular complexity index is 555. The SMILES string of the molecule is COc1ccc(C(C)Nc2ccc(F)c(F)c2)cc1. The van der Waals surface area contributed by atoms with Gasteiger partial charge in [-0.3, -0.25) is 0 Å². The predicted molar refractivity (Wildman–Crippen MR) is 71.4 cm³/mol. The highest BCUT2D eigenvalue weighted by molar-refractivity contribution is 5.46. The predicted octanol–water partition coefficient (Wildman–Crippen LogP) is 4.15. The quantitative estimate of drug-likeness (QED) is 0.894. The molecular weight excluding hydrogens is 248 g/mol. The summed E-state index contributed by atoms with van der Waals surface area (Å²) in [5.41, 5.74) is 1.58. The number of benzene rings is 2. The third-order valence-electron chi connectivity index (χ3n) is 2.92. The van der Waals surface area contributed by atoms with Gasteiger partial charge in [-0.25, -0.2) is 8.78 Å². The number of nitrogens with one attached hydrogen (secondary N) is 1. The summed E-state index contributed by atoms with van der Waals surface area (Å²) in [6.07, 6.45) is 0. The average Bonchev–Trinajstić information content (AvgIpc) is 2.43. The smallest absolute Gasteiger partial charge is 0.160 e. The van der Waals surface area contributed by atoms with Crippen molar-refractivity contribution in [2.45, 2.75) is 13.0 Å². The van der Waals surface area contributed by atoms with Gasteiger partial charge in [-0.15, -0.1) is 0 Å². The van der Waals surface area contributed by atoms with Crippen molar-refractivity contribution in [2.75, 3.05) is 12.4 Å². The van der Waals surface area contributed by atoms with Gasteiger partial charge in [0.25, 0.3) is 0 Å². The van der Waals surface area contributed by atoms with E-state index in [9.17, 15) is 8.78 Å². The van der Waals surface area contributed by atoms with Gasteiger partial charge in [-0.05, 0) is 36.8 Å². The zero-order valence-electron chi connectivity index (χ0n) is 10.8. The van der Waals surface area contributed by atoms with Gasteiger partial charge >= 0.3 is 0 Å². The van der Waals surface area contributed by atoms with Gasteiger partial charge in [0, 0.05) is 17.8 Å². The van der Waals surface area contributed by atoms with E-state index >= 15 is 0 Å². The minimum Gasteiger partial charge on any atom is -0.497 e. The Morgan fingerprint density at radius 3 is 2.26 bits per heavy atom. The van der Waals surface area contributed by atoms with E-state index in [1.807, 2.05) is 31.2 Å². The van der Waals surface area contributed by atoms with Crippen LogP contribution in [0, 0.1) is 11.6 Å². The lowest BCUT2D eigenvalue weighted by molar-refractivity contribution is 0.414. The van der Waals surface area contributed by atoms with E-state index in [0.717, 1.165) is 23.4 Å². The van der Waals surface area contributed by atoms with Gasteiger partial charge in [0.2, 0.25) is 0 Å².